The van der Waals surface area contributed by atoms with Gasteiger partial charge in [0.15, 0.2) is 0 Å². The molecule has 1 atom stereocenters. The number of benzene rings is 2. The Labute approximate surface area is 151 Å². The van der Waals surface area contributed by atoms with Gasteiger partial charge in [-0.2, -0.15) is 0 Å². The maximum Gasteiger partial charge on any atom is 0.254 e. The topological polar surface area (TPSA) is 42.4 Å². The molecule has 2 aromatic carbocycles. The second-order valence-corrected chi connectivity index (χ2v) is 7.37. The van der Waals surface area contributed by atoms with E-state index >= 15 is 0 Å². The van der Waals surface area contributed by atoms with E-state index in [1.807, 2.05) is 47.4 Å². The molecule has 1 aromatic heterocycles. The number of rotatable bonds is 4. The first-order valence-electron chi connectivity index (χ1n) is 8.50. The third-order valence-corrected chi connectivity index (χ3v) is 5.76. The van der Waals surface area contributed by atoms with Gasteiger partial charge in [0.2, 0.25) is 0 Å². The SMILES string of the molecule is COCc1ccc(C(=O)N2CCCC2c2nc3ccccc3s2)cc1. The number of nitrogens with zero attached hydrogens (tertiary/aromatic N) is 2. The third-order valence-electron chi connectivity index (χ3n) is 4.62. The highest BCUT2D eigenvalue weighted by Gasteiger charge is 2.32. The number of hydrogen-bond acceptors (Lipinski definition) is 4. The van der Waals surface area contributed by atoms with Gasteiger partial charge in [-0.3, -0.25) is 4.79 Å². The number of carbonyl (C=O) groups is 1. The van der Waals surface area contributed by atoms with Crippen molar-refractivity contribution in [3.8, 4) is 0 Å². The summed E-state index contributed by atoms with van der Waals surface area (Å²) < 4.78 is 6.31. The minimum atomic E-state index is 0.0866. The summed E-state index contributed by atoms with van der Waals surface area (Å²) in [5.41, 5.74) is 2.82. The summed E-state index contributed by atoms with van der Waals surface area (Å²) in [5.74, 6) is 0.0886. The fourth-order valence-electron chi connectivity index (χ4n) is 3.38. The van der Waals surface area contributed by atoms with Crippen molar-refractivity contribution in [1.29, 1.82) is 0 Å². The number of aromatic nitrogens is 1. The molecule has 5 heteroatoms. The van der Waals surface area contributed by atoms with Gasteiger partial charge in [-0.25, -0.2) is 4.98 Å². The first-order chi connectivity index (χ1) is 12.3. The molecule has 1 saturated heterocycles. The van der Waals surface area contributed by atoms with Crippen LogP contribution in [0.5, 0.6) is 0 Å². The van der Waals surface area contributed by atoms with Crippen molar-refractivity contribution in [3.05, 3.63) is 64.7 Å². The Morgan fingerprint density at radius 1 is 1.24 bits per heavy atom. The van der Waals surface area contributed by atoms with Crippen LogP contribution >= 0.6 is 11.3 Å². The smallest absolute Gasteiger partial charge is 0.254 e. The number of fused-ring (bicyclic) bond motifs is 1. The van der Waals surface area contributed by atoms with Gasteiger partial charge < -0.3 is 9.64 Å². The molecule has 0 spiro atoms. The molecular weight excluding hydrogens is 332 g/mol. The highest BCUT2D eigenvalue weighted by atomic mass is 32.1. The summed E-state index contributed by atoms with van der Waals surface area (Å²) in [4.78, 5) is 19.7. The summed E-state index contributed by atoms with van der Waals surface area (Å²) in [5, 5.41) is 1.04. The van der Waals surface area contributed by atoms with E-state index in [0.29, 0.717) is 6.61 Å². The molecular formula is C20H20N2O2S. The Morgan fingerprint density at radius 3 is 2.80 bits per heavy atom. The molecule has 4 rings (SSSR count). The molecule has 4 nitrogen and oxygen atoms in total. The Bertz CT molecular complexity index is 855. The lowest BCUT2D eigenvalue weighted by Gasteiger charge is -2.23. The van der Waals surface area contributed by atoms with Crippen molar-refractivity contribution < 1.29 is 9.53 Å². The predicted molar refractivity (Wildman–Crippen MR) is 99.8 cm³/mol. The Kier molecular flexibility index (Phi) is 4.51. The van der Waals surface area contributed by atoms with E-state index in [9.17, 15) is 4.79 Å². The quantitative estimate of drug-likeness (QED) is 0.698. The fraction of sp³-hybridized carbons (Fsp3) is 0.300. The molecule has 0 radical (unpaired) electrons. The van der Waals surface area contributed by atoms with Crippen LogP contribution in [0, 0.1) is 0 Å². The molecule has 0 saturated carbocycles. The number of methoxy groups -OCH3 is 1. The van der Waals surface area contributed by atoms with Crippen molar-refractivity contribution >= 4 is 27.5 Å². The van der Waals surface area contributed by atoms with Crippen molar-refractivity contribution in [1.82, 2.24) is 9.88 Å². The first-order valence-corrected chi connectivity index (χ1v) is 9.32. The summed E-state index contributed by atoms with van der Waals surface area (Å²) in [6.07, 6.45) is 2.00. The van der Waals surface area contributed by atoms with E-state index in [1.165, 1.54) is 4.70 Å². The van der Waals surface area contributed by atoms with E-state index in [-0.39, 0.29) is 11.9 Å². The summed E-state index contributed by atoms with van der Waals surface area (Å²) in [6, 6.07) is 15.9. The lowest BCUT2D eigenvalue weighted by atomic mass is 10.1. The van der Waals surface area contributed by atoms with Crippen molar-refractivity contribution in [2.24, 2.45) is 0 Å². The zero-order chi connectivity index (χ0) is 17.2. The van der Waals surface area contributed by atoms with Crippen molar-refractivity contribution in [3.63, 3.8) is 0 Å². The number of hydrogen-bond donors (Lipinski definition) is 0. The second kappa shape index (κ2) is 6.94. The molecule has 1 aliphatic rings. The zero-order valence-corrected chi connectivity index (χ0v) is 15.0. The van der Waals surface area contributed by atoms with Gasteiger partial charge in [-0.05, 0) is 42.7 Å². The standard InChI is InChI=1S/C20H20N2O2S/c1-24-13-14-8-10-15(11-9-14)20(23)22-12-4-6-17(22)19-21-16-5-2-3-7-18(16)25-19/h2-3,5,7-11,17H,4,6,12-13H2,1H3. The van der Waals surface area contributed by atoms with Crippen LogP contribution < -0.4 is 0 Å². The summed E-state index contributed by atoms with van der Waals surface area (Å²) >= 11 is 1.70. The van der Waals surface area contributed by atoms with Crippen LogP contribution in [0.3, 0.4) is 0 Å². The molecule has 3 aromatic rings. The van der Waals surface area contributed by atoms with Gasteiger partial charge in [0.1, 0.15) is 5.01 Å². The van der Waals surface area contributed by atoms with Crippen LogP contribution in [0.1, 0.15) is 39.8 Å². The molecule has 0 aliphatic carbocycles. The molecule has 128 valence electrons. The number of ether oxygens (including phenoxy) is 1. The molecule has 0 bridgehead atoms. The monoisotopic (exact) mass is 352 g/mol. The van der Waals surface area contributed by atoms with E-state index in [0.717, 1.165) is 41.0 Å². The normalized spacial score (nSPS) is 17.3. The second-order valence-electron chi connectivity index (χ2n) is 6.31. The number of likely N-dealkylation sites (tertiary alicyclic amines) is 1. The van der Waals surface area contributed by atoms with Crippen LogP contribution in [0.2, 0.25) is 0 Å². The van der Waals surface area contributed by atoms with Gasteiger partial charge in [-0.1, -0.05) is 24.3 Å². The van der Waals surface area contributed by atoms with Crippen LogP contribution in [0.15, 0.2) is 48.5 Å². The maximum atomic E-state index is 13.0. The molecule has 1 aliphatic heterocycles. The average molecular weight is 352 g/mol. The van der Waals surface area contributed by atoms with Gasteiger partial charge in [0, 0.05) is 19.2 Å². The van der Waals surface area contributed by atoms with Crippen LogP contribution in [-0.2, 0) is 11.3 Å². The van der Waals surface area contributed by atoms with Crippen LogP contribution in [0.25, 0.3) is 10.2 Å². The largest absolute Gasteiger partial charge is 0.380 e. The molecule has 1 amide bonds. The van der Waals surface area contributed by atoms with Crippen LogP contribution in [0.4, 0.5) is 0 Å². The minimum absolute atomic E-state index is 0.0866. The number of amides is 1. The Morgan fingerprint density at radius 2 is 2.04 bits per heavy atom. The number of thiazole rings is 1. The Hall–Kier alpha value is -2.24. The average Bonchev–Trinajstić information content (AvgIpc) is 3.28. The van der Waals surface area contributed by atoms with Gasteiger partial charge in [0.05, 0.1) is 22.9 Å². The lowest BCUT2D eigenvalue weighted by Crippen LogP contribution is -2.30. The molecule has 25 heavy (non-hydrogen) atoms. The summed E-state index contributed by atoms with van der Waals surface area (Å²) in [6.45, 7) is 1.35. The van der Waals surface area contributed by atoms with E-state index in [1.54, 1.807) is 18.4 Å². The van der Waals surface area contributed by atoms with Crippen molar-refractivity contribution in [2.45, 2.75) is 25.5 Å². The van der Waals surface area contributed by atoms with Gasteiger partial charge in [0.25, 0.3) is 5.91 Å². The maximum absolute atomic E-state index is 13.0. The molecule has 1 fully saturated rings. The number of carbonyl (C=O) groups excluding carboxylic acids is 1. The predicted octanol–water partition coefficient (Wildman–Crippen LogP) is 4.42. The van der Waals surface area contributed by atoms with Crippen molar-refractivity contribution in [2.75, 3.05) is 13.7 Å². The van der Waals surface area contributed by atoms with Crippen LogP contribution in [-0.4, -0.2) is 29.4 Å². The minimum Gasteiger partial charge on any atom is -0.380 e. The molecule has 1 unspecified atom stereocenters. The van der Waals surface area contributed by atoms with Gasteiger partial charge >= 0.3 is 0 Å². The number of para-hydroxylation sites is 1. The molecule has 2 heterocycles. The zero-order valence-electron chi connectivity index (χ0n) is 14.1. The van der Waals surface area contributed by atoms with E-state index in [2.05, 4.69) is 6.07 Å². The lowest BCUT2D eigenvalue weighted by molar-refractivity contribution is 0.0735. The Balaban J connectivity index is 1.59. The van der Waals surface area contributed by atoms with E-state index < -0.39 is 0 Å². The van der Waals surface area contributed by atoms with E-state index in [4.69, 9.17) is 9.72 Å². The summed E-state index contributed by atoms with van der Waals surface area (Å²) in [7, 11) is 1.67. The first kappa shape index (κ1) is 16.2. The molecule has 0 N–H and O–H groups in total. The highest BCUT2D eigenvalue weighted by molar-refractivity contribution is 7.18. The highest BCUT2D eigenvalue weighted by Crippen LogP contribution is 2.37. The fourth-order valence-corrected chi connectivity index (χ4v) is 4.49. The van der Waals surface area contributed by atoms with Gasteiger partial charge in [-0.15, -0.1) is 11.3 Å². The third kappa shape index (κ3) is 3.17.